The van der Waals surface area contributed by atoms with E-state index >= 15 is 0 Å². The first-order valence-electron chi connectivity index (χ1n) is 9.18. The Kier molecular flexibility index (Phi) is 5.41. The average molecular weight is 359 g/mol. The van der Waals surface area contributed by atoms with E-state index in [0.29, 0.717) is 11.3 Å². The van der Waals surface area contributed by atoms with Gasteiger partial charge in [-0.05, 0) is 44.0 Å². The summed E-state index contributed by atoms with van der Waals surface area (Å²) in [5.41, 5.74) is 0.0576. The monoisotopic (exact) mass is 359 g/mol. The Morgan fingerprint density at radius 3 is 2.46 bits per heavy atom. The smallest absolute Gasteiger partial charge is 0.235 e. The minimum Gasteiger partial charge on any atom is -0.491 e. The molecule has 1 heterocycles. The number of β-amino-alcohol motifs (C(OH)–C–C–N with tert-alkyl or cyclic N) is 1. The van der Waals surface area contributed by atoms with E-state index in [0.717, 1.165) is 32.1 Å². The summed E-state index contributed by atoms with van der Waals surface area (Å²) in [7, 11) is 0. The molecule has 6 nitrogen and oxygen atoms in total. The van der Waals surface area contributed by atoms with Crippen molar-refractivity contribution in [3.05, 3.63) is 29.8 Å². The highest BCUT2D eigenvalue weighted by atomic mass is 16.5. The Bertz CT molecular complexity index is 691. The summed E-state index contributed by atoms with van der Waals surface area (Å²) < 4.78 is 5.51. The molecule has 1 saturated carbocycles. The van der Waals surface area contributed by atoms with Gasteiger partial charge >= 0.3 is 0 Å². The first-order valence-corrected chi connectivity index (χ1v) is 9.18. The zero-order valence-electron chi connectivity index (χ0n) is 15.1. The van der Waals surface area contributed by atoms with Crippen LogP contribution in [0.25, 0.3) is 0 Å². The minimum atomic E-state index is -0.950. The van der Waals surface area contributed by atoms with Crippen LogP contribution in [-0.4, -0.2) is 46.9 Å². The standard InChI is InChI=1S/C20H25NO5/c1-14(22)15-5-7-17(8-6-15)26-13-16(23)12-21-18(24)11-20(19(21)25)9-3-2-4-10-20/h5-8,16,23H,2-4,9-13H2,1H3/t16-/m1/s1. The number of hydrogen-bond donors (Lipinski definition) is 1. The fourth-order valence-electron chi connectivity index (χ4n) is 3.91. The second kappa shape index (κ2) is 7.58. The van der Waals surface area contributed by atoms with Crippen molar-refractivity contribution in [2.45, 2.75) is 51.6 Å². The summed E-state index contributed by atoms with van der Waals surface area (Å²) in [6.07, 6.45) is 3.93. The molecule has 2 aliphatic rings. The van der Waals surface area contributed by atoms with Crippen molar-refractivity contribution in [1.82, 2.24) is 4.90 Å². The van der Waals surface area contributed by atoms with E-state index in [-0.39, 0.29) is 37.2 Å². The largest absolute Gasteiger partial charge is 0.491 e. The highest BCUT2D eigenvalue weighted by Crippen LogP contribution is 2.45. The molecule has 1 aromatic rings. The van der Waals surface area contributed by atoms with Gasteiger partial charge in [0, 0.05) is 12.0 Å². The molecule has 0 bridgehead atoms. The molecule has 0 radical (unpaired) electrons. The molecule has 2 fully saturated rings. The topological polar surface area (TPSA) is 83.9 Å². The maximum Gasteiger partial charge on any atom is 0.235 e. The lowest BCUT2D eigenvalue weighted by Crippen LogP contribution is -2.42. The van der Waals surface area contributed by atoms with Gasteiger partial charge in [0.25, 0.3) is 0 Å². The van der Waals surface area contributed by atoms with E-state index < -0.39 is 11.5 Å². The zero-order chi connectivity index (χ0) is 18.7. The predicted octanol–water partition coefficient (Wildman–Crippen LogP) is 2.34. The number of aliphatic hydroxyl groups excluding tert-OH is 1. The van der Waals surface area contributed by atoms with Crippen molar-refractivity contribution in [1.29, 1.82) is 0 Å². The Balaban J connectivity index is 1.54. The fraction of sp³-hybridized carbons (Fsp3) is 0.550. The van der Waals surface area contributed by atoms with Crippen molar-refractivity contribution in [3.8, 4) is 5.75 Å². The fourth-order valence-corrected chi connectivity index (χ4v) is 3.91. The van der Waals surface area contributed by atoms with Gasteiger partial charge < -0.3 is 9.84 Å². The first-order chi connectivity index (χ1) is 12.4. The van der Waals surface area contributed by atoms with Crippen LogP contribution in [0.15, 0.2) is 24.3 Å². The number of rotatable bonds is 6. The van der Waals surface area contributed by atoms with Gasteiger partial charge in [-0.1, -0.05) is 19.3 Å². The number of aliphatic hydroxyl groups is 1. The Labute approximate surface area is 153 Å². The summed E-state index contributed by atoms with van der Waals surface area (Å²) in [4.78, 5) is 37.5. The summed E-state index contributed by atoms with van der Waals surface area (Å²) in [5.74, 6) is 0.171. The van der Waals surface area contributed by atoms with Gasteiger partial charge in [-0.2, -0.15) is 0 Å². The Morgan fingerprint density at radius 1 is 1.19 bits per heavy atom. The molecule has 1 N–H and O–H groups in total. The molecule has 1 atom stereocenters. The SMILES string of the molecule is CC(=O)c1ccc(OC[C@H](O)CN2C(=O)CC3(CCCCC3)C2=O)cc1. The van der Waals surface area contributed by atoms with Crippen LogP contribution in [-0.2, 0) is 9.59 Å². The third-order valence-electron chi connectivity index (χ3n) is 5.40. The van der Waals surface area contributed by atoms with Gasteiger partial charge in [-0.3, -0.25) is 19.3 Å². The van der Waals surface area contributed by atoms with Crippen LogP contribution >= 0.6 is 0 Å². The van der Waals surface area contributed by atoms with E-state index in [1.807, 2.05) is 0 Å². The number of imide groups is 1. The molecular formula is C20H25NO5. The third kappa shape index (κ3) is 3.80. The van der Waals surface area contributed by atoms with E-state index in [9.17, 15) is 19.5 Å². The number of Topliss-reactive ketones (excluding diaryl/α,β-unsaturated/α-hetero) is 1. The normalized spacial score (nSPS) is 20.5. The molecule has 1 aromatic carbocycles. The molecule has 0 unspecified atom stereocenters. The van der Waals surface area contributed by atoms with Crippen molar-refractivity contribution < 1.29 is 24.2 Å². The van der Waals surface area contributed by atoms with Crippen LogP contribution < -0.4 is 4.74 Å². The van der Waals surface area contributed by atoms with Crippen LogP contribution in [0.3, 0.4) is 0 Å². The van der Waals surface area contributed by atoms with Crippen LogP contribution in [0, 0.1) is 5.41 Å². The number of likely N-dealkylation sites (tertiary alicyclic amines) is 1. The number of hydrogen-bond acceptors (Lipinski definition) is 5. The van der Waals surface area contributed by atoms with Crippen LogP contribution in [0.5, 0.6) is 5.75 Å². The predicted molar refractivity (Wildman–Crippen MR) is 94.8 cm³/mol. The van der Waals surface area contributed by atoms with Gasteiger partial charge in [0.15, 0.2) is 5.78 Å². The number of ether oxygens (including phenoxy) is 1. The summed E-state index contributed by atoms with van der Waals surface area (Å²) in [5, 5.41) is 10.2. The number of amides is 2. The number of carbonyl (C=O) groups is 3. The maximum absolute atomic E-state index is 12.7. The van der Waals surface area contributed by atoms with Gasteiger partial charge in [-0.15, -0.1) is 0 Å². The highest BCUT2D eigenvalue weighted by Gasteiger charge is 2.51. The van der Waals surface area contributed by atoms with Gasteiger partial charge in [0.05, 0.1) is 12.0 Å². The molecule has 1 aliphatic heterocycles. The van der Waals surface area contributed by atoms with E-state index in [4.69, 9.17) is 4.74 Å². The zero-order valence-corrected chi connectivity index (χ0v) is 15.1. The van der Waals surface area contributed by atoms with Gasteiger partial charge in [-0.25, -0.2) is 0 Å². The quantitative estimate of drug-likeness (QED) is 0.622. The molecule has 2 amide bonds. The van der Waals surface area contributed by atoms with E-state index in [2.05, 4.69) is 0 Å². The van der Waals surface area contributed by atoms with Crippen LogP contribution in [0.4, 0.5) is 0 Å². The van der Waals surface area contributed by atoms with Crippen molar-refractivity contribution in [3.63, 3.8) is 0 Å². The van der Waals surface area contributed by atoms with E-state index in [1.54, 1.807) is 24.3 Å². The minimum absolute atomic E-state index is 0.0243. The molecule has 26 heavy (non-hydrogen) atoms. The van der Waals surface area contributed by atoms with Gasteiger partial charge in [0.2, 0.25) is 11.8 Å². The number of nitrogens with zero attached hydrogens (tertiary/aromatic N) is 1. The third-order valence-corrected chi connectivity index (χ3v) is 5.40. The van der Waals surface area contributed by atoms with E-state index in [1.165, 1.54) is 11.8 Å². The molecular weight excluding hydrogens is 334 g/mol. The molecule has 1 spiro atoms. The molecule has 140 valence electrons. The Morgan fingerprint density at radius 2 is 1.85 bits per heavy atom. The van der Waals surface area contributed by atoms with Crippen molar-refractivity contribution in [2.75, 3.05) is 13.2 Å². The Hall–Kier alpha value is -2.21. The summed E-state index contributed by atoms with van der Waals surface area (Å²) in [6.45, 7) is 1.43. The number of ketones is 1. The first kappa shape index (κ1) is 18.6. The molecule has 6 heteroatoms. The second-order valence-corrected chi connectivity index (χ2v) is 7.37. The van der Waals surface area contributed by atoms with Crippen LogP contribution in [0.2, 0.25) is 0 Å². The molecule has 1 saturated heterocycles. The maximum atomic E-state index is 12.7. The number of benzene rings is 1. The highest BCUT2D eigenvalue weighted by molar-refractivity contribution is 6.06. The van der Waals surface area contributed by atoms with Gasteiger partial charge in [0.1, 0.15) is 18.5 Å². The molecule has 1 aliphatic carbocycles. The second-order valence-electron chi connectivity index (χ2n) is 7.37. The summed E-state index contributed by atoms with van der Waals surface area (Å²) in [6, 6.07) is 6.63. The lowest BCUT2D eigenvalue weighted by Gasteiger charge is -2.30. The summed E-state index contributed by atoms with van der Waals surface area (Å²) >= 11 is 0. The lowest BCUT2D eigenvalue weighted by atomic mass is 9.73. The molecule has 0 aromatic heterocycles. The van der Waals surface area contributed by atoms with Crippen molar-refractivity contribution in [2.24, 2.45) is 5.41 Å². The lowest BCUT2D eigenvalue weighted by molar-refractivity contribution is -0.144. The molecule has 3 rings (SSSR count). The van der Waals surface area contributed by atoms with Crippen molar-refractivity contribution >= 4 is 17.6 Å². The average Bonchev–Trinajstić information content (AvgIpc) is 2.85. The van der Waals surface area contributed by atoms with Crippen LogP contribution in [0.1, 0.15) is 55.8 Å². The number of carbonyl (C=O) groups excluding carboxylic acids is 3.